The van der Waals surface area contributed by atoms with Crippen LogP contribution in [0.2, 0.25) is 0 Å². The molecule has 7 heteroatoms. The lowest BCUT2D eigenvalue weighted by Gasteiger charge is -2.15. The highest BCUT2D eigenvalue weighted by atomic mass is 32.1. The number of aromatic nitrogens is 1. The predicted molar refractivity (Wildman–Crippen MR) is 103 cm³/mol. The van der Waals surface area contributed by atoms with Gasteiger partial charge in [0.1, 0.15) is 0 Å². The Kier molecular flexibility index (Phi) is 6.82. The zero-order valence-electron chi connectivity index (χ0n) is 14.8. The van der Waals surface area contributed by atoms with Crippen LogP contribution in [0.4, 0.5) is 5.82 Å². The zero-order valence-corrected chi connectivity index (χ0v) is 15.6. The second kappa shape index (κ2) is 9.08. The molecular weight excluding hydrogens is 338 g/mol. The maximum absolute atomic E-state index is 5.72. The number of ether oxygens (including phenoxy) is 3. The fourth-order valence-corrected chi connectivity index (χ4v) is 2.33. The van der Waals surface area contributed by atoms with Crippen molar-refractivity contribution in [2.75, 3.05) is 19.5 Å². The van der Waals surface area contributed by atoms with Gasteiger partial charge in [-0.05, 0) is 55.9 Å². The number of hydrogen-bond acceptors (Lipinski definition) is 5. The van der Waals surface area contributed by atoms with Crippen LogP contribution >= 0.6 is 12.2 Å². The van der Waals surface area contributed by atoms with Crippen LogP contribution in [0.25, 0.3) is 0 Å². The van der Waals surface area contributed by atoms with E-state index in [0.29, 0.717) is 29.0 Å². The minimum atomic E-state index is 0.0861. The zero-order chi connectivity index (χ0) is 18.2. The van der Waals surface area contributed by atoms with Crippen molar-refractivity contribution in [3.8, 4) is 17.2 Å². The largest absolute Gasteiger partial charge is 0.493 e. The molecule has 0 spiro atoms. The molecule has 2 N–H and O–H groups in total. The van der Waals surface area contributed by atoms with Gasteiger partial charge in [-0.3, -0.25) is 0 Å². The summed E-state index contributed by atoms with van der Waals surface area (Å²) in [5.74, 6) is 2.61. The van der Waals surface area contributed by atoms with Gasteiger partial charge in [-0.1, -0.05) is 6.07 Å². The van der Waals surface area contributed by atoms with Crippen LogP contribution in [0.5, 0.6) is 17.2 Å². The minimum absolute atomic E-state index is 0.0861. The Morgan fingerprint density at radius 1 is 1.12 bits per heavy atom. The van der Waals surface area contributed by atoms with E-state index >= 15 is 0 Å². The summed E-state index contributed by atoms with van der Waals surface area (Å²) in [5.41, 5.74) is 1.02. The molecule has 6 nitrogen and oxygen atoms in total. The van der Waals surface area contributed by atoms with Crippen LogP contribution in [-0.2, 0) is 6.54 Å². The fourth-order valence-electron chi connectivity index (χ4n) is 2.16. The Hall–Kier alpha value is -2.54. The molecule has 0 radical (unpaired) electrons. The smallest absolute Gasteiger partial charge is 0.174 e. The lowest BCUT2D eigenvalue weighted by molar-refractivity contribution is 0.230. The van der Waals surface area contributed by atoms with Gasteiger partial charge in [0, 0.05) is 12.7 Å². The molecule has 0 bridgehead atoms. The Morgan fingerprint density at radius 3 is 2.56 bits per heavy atom. The molecule has 0 aliphatic heterocycles. The quantitative estimate of drug-likeness (QED) is 0.733. The van der Waals surface area contributed by atoms with Crippen LogP contribution < -0.4 is 24.8 Å². The Morgan fingerprint density at radius 2 is 1.88 bits per heavy atom. The van der Waals surface area contributed by atoms with Crippen LogP contribution in [-0.4, -0.2) is 30.4 Å². The highest BCUT2D eigenvalue weighted by molar-refractivity contribution is 7.80. The number of benzene rings is 1. The third-order valence-corrected chi connectivity index (χ3v) is 3.51. The summed E-state index contributed by atoms with van der Waals surface area (Å²) in [7, 11) is 3.21. The van der Waals surface area contributed by atoms with Gasteiger partial charge in [0.15, 0.2) is 28.2 Å². The number of thiocarbonyl (C=S) groups is 1. The van der Waals surface area contributed by atoms with E-state index in [4.69, 9.17) is 26.4 Å². The van der Waals surface area contributed by atoms with Crippen molar-refractivity contribution in [3.05, 3.63) is 42.1 Å². The van der Waals surface area contributed by atoms with Crippen LogP contribution in [0.1, 0.15) is 19.4 Å². The van der Waals surface area contributed by atoms with Gasteiger partial charge >= 0.3 is 0 Å². The minimum Gasteiger partial charge on any atom is -0.493 e. The number of hydrogen-bond donors (Lipinski definition) is 2. The summed E-state index contributed by atoms with van der Waals surface area (Å²) in [6, 6.07) is 9.41. The standard InChI is InChI=1S/C18H23N3O3S/c1-12(2)24-14-8-7-13(10-16(14)23-4)11-20-18(25)21-17-15(22-3)6-5-9-19-17/h5-10,12H,11H2,1-4H3,(H2,19,20,21,25). The second-order valence-corrected chi connectivity index (χ2v) is 5.92. The first kappa shape index (κ1) is 18.8. The summed E-state index contributed by atoms with van der Waals surface area (Å²) < 4.78 is 16.3. The van der Waals surface area contributed by atoms with E-state index in [2.05, 4.69) is 15.6 Å². The van der Waals surface area contributed by atoms with Crippen molar-refractivity contribution >= 4 is 23.1 Å². The van der Waals surface area contributed by atoms with E-state index in [1.807, 2.05) is 38.1 Å². The molecule has 1 heterocycles. The first-order valence-corrected chi connectivity index (χ1v) is 8.31. The molecule has 1 aromatic carbocycles. The van der Waals surface area contributed by atoms with Gasteiger partial charge in [-0.25, -0.2) is 4.98 Å². The van der Waals surface area contributed by atoms with Gasteiger partial charge in [-0.15, -0.1) is 0 Å². The predicted octanol–water partition coefficient (Wildman–Crippen LogP) is 3.37. The van der Waals surface area contributed by atoms with Crippen molar-refractivity contribution in [1.82, 2.24) is 10.3 Å². The Bertz CT molecular complexity index is 722. The van der Waals surface area contributed by atoms with Gasteiger partial charge in [0.25, 0.3) is 0 Å². The van der Waals surface area contributed by atoms with Gasteiger partial charge in [0.2, 0.25) is 0 Å². The summed E-state index contributed by atoms with van der Waals surface area (Å²) >= 11 is 5.31. The van der Waals surface area contributed by atoms with Crippen LogP contribution in [0.3, 0.4) is 0 Å². The molecule has 0 fully saturated rings. The van der Waals surface area contributed by atoms with E-state index < -0.39 is 0 Å². The van der Waals surface area contributed by atoms with Crippen molar-refractivity contribution in [2.45, 2.75) is 26.5 Å². The fraction of sp³-hybridized carbons (Fsp3) is 0.333. The van der Waals surface area contributed by atoms with E-state index in [0.717, 1.165) is 11.3 Å². The van der Waals surface area contributed by atoms with Gasteiger partial charge < -0.3 is 24.8 Å². The number of anilines is 1. The third kappa shape index (κ3) is 5.49. The maximum atomic E-state index is 5.72. The highest BCUT2D eigenvalue weighted by Crippen LogP contribution is 2.29. The Labute approximate surface area is 153 Å². The first-order valence-electron chi connectivity index (χ1n) is 7.91. The maximum Gasteiger partial charge on any atom is 0.174 e. The molecule has 2 aromatic rings. The molecule has 0 unspecified atom stereocenters. The summed E-state index contributed by atoms with van der Waals surface area (Å²) in [5, 5.41) is 6.62. The molecule has 0 aliphatic rings. The topological polar surface area (TPSA) is 64.6 Å². The number of rotatable bonds is 7. The molecule has 0 saturated heterocycles. The number of methoxy groups -OCH3 is 2. The highest BCUT2D eigenvalue weighted by Gasteiger charge is 2.09. The van der Waals surface area contributed by atoms with Crippen molar-refractivity contribution in [1.29, 1.82) is 0 Å². The molecule has 0 atom stereocenters. The van der Waals surface area contributed by atoms with Crippen molar-refractivity contribution < 1.29 is 14.2 Å². The van der Waals surface area contributed by atoms with E-state index in [9.17, 15) is 0 Å². The van der Waals surface area contributed by atoms with E-state index in [-0.39, 0.29) is 6.10 Å². The lowest BCUT2D eigenvalue weighted by atomic mass is 10.2. The summed E-state index contributed by atoms with van der Waals surface area (Å²) in [4.78, 5) is 4.21. The first-order chi connectivity index (χ1) is 12.0. The molecule has 2 rings (SSSR count). The summed E-state index contributed by atoms with van der Waals surface area (Å²) in [6.45, 7) is 4.50. The Balaban J connectivity index is 1.97. The SMILES string of the molecule is COc1cc(CNC(=S)Nc2ncccc2OC)ccc1OC(C)C. The monoisotopic (exact) mass is 361 g/mol. The third-order valence-electron chi connectivity index (χ3n) is 3.27. The van der Waals surface area contributed by atoms with Crippen molar-refractivity contribution in [3.63, 3.8) is 0 Å². The number of pyridine rings is 1. The summed E-state index contributed by atoms with van der Waals surface area (Å²) in [6.07, 6.45) is 1.76. The normalized spacial score (nSPS) is 10.3. The molecule has 134 valence electrons. The molecule has 25 heavy (non-hydrogen) atoms. The average molecular weight is 361 g/mol. The molecule has 0 saturated carbocycles. The lowest BCUT2D eigenvalue weighted by Crippen LogP contribution is -2.28. The number of nitrogens with zero attached hydrogens (tertiary/aromatic N) is 1. The van der Waals surface area contributed by atoms with Gasteiger partial charge in [0.05, 0.1) is 20.3 Å². The van der Waals surface area contributed by atoms with Crippen molar-refractivity contribution in [2.24, 2.45) is 0 Å². The average Bonchev–Trinajstić information content (AvgIpc) is 2.60. The second-order valence-electron chi connectivity index (χ2n) is 5.51. The van der Waals surface area contributed by atoms with Crippen LogP contribution in [0, 0.1) is 0 Å². The van der Waals surface area contributed by atoms with Gasteiger partial charge in [-0.2, -0.15) is 0 Å². The molecule has 1 aromatic heterocycles. The number of nitrogens with one attached hydrogen (secondary N) is 2. The van der Waals surface area contributed by atoms with E-state index in [1.165, 1.54) is 0 Å². The van der Waals surface area contributed by atoms with Crippen LogP contribution in [0.15, 0.2) is 36.5 Å². The molecule has 0 amide bonds. The molecular formula is C18H23N3O3S. The molecule has 0 aliphatic carbocycles. The van der Waals surface area contributed by atoms with E-state index in [1.54, 1.807) is 26.5 Å².